The van der Waals surface area contributed by atoms with E-state index < -0.39 is 0 Å². The van der Waals surface area contributed by atoms with Gasteiger partial charge in [0.2, 0.25) is 17.7 Å². The number of hydrogen-bond acceptors (Lipinski definition) is 7. The number of fused-ring (bicyclic) bond motifs is 1. The standard InChI is InChI=1S/C23H22N4O3S/c1-15(28)25-17-8-10-18(11-9-17)30-22-21-19(26-23(27-22)24-12-13-29-2)14-20(31-21)16-6-4-3-5-7-16/h3-11,14H,12-13H2,1-2H3,(H,25,28)(H,24,26,27). The normalized spacial score (nSPS) is 10.8. The summed E-state index contributed by atoms with van der Waals surface area (Å²) in [5.74, 6) is 1.45. The average Bonchev–Trinajstić information content (AvgIpc) is 3.20. The predicted molar refractivity (Wildman–Crippen MR) is 124 cm³/mol. The summed E-state index contributed by atoms with van der Waals surface area (Å²) < 4.78 is 12.1. The van der Waals surface area contributed by atoms with E-state index in [2.05, 4.69) is 32.7 Å². The molecular formula is C23H22N4O3S. The van der Waals surface area contributed by atoms with Gasteiger partial charge in [0.05, 0.1) is 12.1 Å². The van der Waals surface area contributed by atoms with Gasteiger partial charge in [0.25, 0.3) is 0 Å². The van der Waals surface area contributed by atoms with Crippen molar-refractivity contribution in [3.8, 4) is 22.1 Å². The fourth-order valence-corrected chi connectivity index (χ4v) is 4.01. The van der Waals surface area contributed by atoms with Gasteiger partial charge < -0.3 is 20.1 Å². The smallest absolute Gasteiger partial charge is 0.242 e. The number of carbonyl (C=O) groups is 1. The molecule has 2 aromatic heterocycles. The Bertz CT molecular complexity index is 1180. The molecule has 0 aliphatic heterocycles. The first-order chi connectivity index (χ1) is 15.1. The van der Waals surface area contributed by atoms with E-state index in [1.807, 2.05) is 24.3 Å². The summed E-state index contributed by atoms with van der Waals surface area (Å²) in [7, 11) is 1.65. The van der Waals surface area contributed by atoms with Crippen molar-refractivity contribution in [2.75, 3.05) is 30.9 Å². The lowest BCUT2D eigenvalue weighted by molar-refractivity contribution is -0.114. The number of nitrogens with one attached hydrogen (secondary N) is 2. The van der Waals surface area contributed by atoms with E-state index in [0.717, 1.165) is 20.7 Å². The summed E-state index contributed by atoms with van der Waals surface area (Å²) in [6.07, 6.45) is 0. The lowest BCUT2D eigenvalue weighted by atomic mass is 10.2. The first-order valence-corrected chi connectivity index (χ1v) is 10.6. The van der Waals surface area contributed by atoms with Crippen molar-refractivity contribution < 1.29 is 14.3 Å². The van der Waals surface area contributed by atoms with E-state index in [-0.39, 0.29) is 5.91 Å². The Morgan fingerprint density at radius 1 is 1.06 bits per heavy atom. The molecule has 7 nitrogen and oxygen atoms in total. The summed E-state index contributed by atoms with van der Waals surface area (Å²) in [4.78, 5) is 21.5. The molecule has 4 rings (SSSR count). The second kappa shape index (κ2) is 9.55. The largest absolute Gasteiger partial charge is 0.437 e. The maximum atomic E-state index is 11.2. The summed E-state index contributed by atoms with van der Waals surface area (Å²) in [5.41, 5.74) is 2.63. The third-order valence-corrected chi connectivity index (χ3v) is 5.54. The van der Waals surface area contributed by atoms with Crippen molar-refractivity contribution in [3.63, 3.8) is 0 Å². The van der Waals surface area contributed by atoms with Crippen molar-refractivity contribution in [2.24, 2.45) is 0 Å². The van der Waals surface area contributed by atoms with Crippen LogP contribution in [0.1, 0.15) is 6.92 Å². The van der Waals surface area contributed by atoms with Crippen LogP contribution in [0.3, 0.4) is 0 Å². The van der Waals surface area contributed by atoms with Gasteiger partial charge in [0, 0.05) is 31.1 Å². The van der Waals surface area contributed by atoms with E-state index in [0.29, 0.717) is 36.4 Å². The summed E-state index contributed by atoms with van der Waals surface area (Å²) in [6.45, 7) is 2.60. The van der Waals surface area contributed by atoms with Crippen molar-refractivity contribution in [2.45, 2.75) is 6.92 Å². The van der Waals surface area contributed by atoms with Crippen LogP contribution < -0.4 is 15.4 Å². The number of rotatable bonds is 8. The molecule has 2 aromatic carbocycles. The molecule has 2 N–H and O–H groups in total. The predicted octanol–water partition coefficient (Wildman–Crippen LogP) is 5.17. The number of anilines is 2. The van der Waals surface area contributed by atoms with Crippen molar-refractivity contribution in [1.82, 2.24) is 9.97 Å². The molecule has 0 atom stereocenters. The zero-order chi connectivity index (χ0) is 21.6. The Kier molecular flexibility index (Phi) is 6.40. The Morgan fingerprint density at radius 3 is 2.55 bits per heavy atom. The minimum atomic E-state index is -0.120. The maximum Gasteiger partial charge on any atom is 0.242 e. The summed E-state index contributed by atoms with van der Waals surface area (Å²) in [6, 6.07) is 19.4. The van der Waals surface area contributed by atoms with Gasteiger partial charge >= 0.3 is 0 Å². The lowest BCUT2D eigenvalue weighted by Gasteiger charge is -2.10. The minimum absolute atomic E-state index is 0.120. The number of benzene rings is 2. The highest BCUT2D eigenvalue weighted by molar-refractivity contribution is 7.22. The molecule has 0 saturated heterocycles. The highest BCUT2D eigenvalue weighted by Crippen LogP contribution is 2.39. The molecule has 8 heteroatoms. The number of thiophene rings is 1. The summed E-state index contributed by atoms with van der Waals surface area (Å²) >= 11 is 1.59. The zero-order valence-electron chi connectivity index (χ0n) is 17.2. The number of carbonyl (C=O) groups excluding carboxylic acids is 1. The minimum Gasteiger partial charge on any atom is -0.437 e. The molecule has 0 aliphatic rings. The summed E-state index contributed by atoms with van der Waals surface area (Å²) in [5, 5.41) is 5.92. The molecule has 4 aromatic rings. The molecule has 0 saturated carbocycles. The van der Waals surface area contributed by atoms with E-state index >= 15 is 0 Å². The maximum absolute atomic E-state index is 11.2. The number of aromatic nitrogens is 2. The Labute approximate surface area is 184 Å². The van der Waals surface area contributed by atoms with Gasteiger partial charge in [-0.25, -0.2) is 4.98 Å². The second-order valence-electron chi connectivity index (χ2n) is 6.77. The molecule has 0 bridgehead atoms. The molecule has 0 spiro atoms. The number of hydrogen-bond donors (Lipinski definition) is 2. The van der Waals surface area contributed by atoms with Crippen LogP contribution in [-0.2, 0) is 9.53 Å². The third-order valence-electron chi connectivity index (χ3n) is 4.38. The van der Waals surface area contributed by atoms with Crippen LogP contribution in [0.2, 0.25) is 0 Å². The lowest BCUT2D eigenvalue weighted by Crippen LogP contribution is -2.10. The van der Waals surface area contributed by atoms with Gasteiger partial charge in [-0.3, -0.25) is 4.79 Å². The van der Waals surface area contributed by atoms with E-state index in [1.54, 1.807) is 42.7 Å². The molecule has 158 valence electrons. The van der Waals surface area contributed by atoms with Gasteiger partial charge in [0.1, 0.15) is 10.4 Å². The SMILES string of the molecule is COCCNc1nc(Oc2ccc(NC(C)=O)cc2)c2sc(-c3ccccc3)cc2n1. The first kappa shape index (κ1) is 20.8. The van der Waals surface area contributed by atoms with Crippen molar-refractivity contribution in [1.29, 1.82) is 0 Å². The molecule has 0 fully saturated rings. The number of ether oxygens (including phenoxy) is 2. The van der Waals surface area contributed by atoms with Crippen LogP contribution in [-0.4, -0.2) is 36.1 Å². The van der Waals surface area contributed by atoms with Crippen molar-refractivity contribution in [3.05, 3.63) is 60.7 Å². The van der Waals surface area contributed by atoms with Gasteiger partial charge in [-0.2, -0.15) is 4.98 Å². The van der Waals surface area contributed by atoms with Crippen LogP contribution in [0.5, 0.6) is 11.6 Å². The van der Waals surface area contributed by atoms with Gasteiger partial charge in [0.15, 0.2) is 0 Å². The third kappa shape index (κ3) is 5.17. The molecular weight excluding hydrogens is 412 g/mol. The van der Waals surface area contributed by atoms with Crippen LogP contribution in [0.15, 0.2) is 60.7 Å². The topological polar surface area (TPSA) is 85.4 Å². The van der Waals surface area contributed by atoms with Crippen LogP contribution in [0.25, 0.3) is 20.7 Å². The Balaban J connectivity index is 1.68. The van der Waals surface area contributed by atoms with E-state index in [9.17, 15) is 4.79 Å². The fraction of sp³-hybridized carbons (Fsp3) is 0.174. The highest BCUT2D eigenvalue weighted by atomic mass is 32.1. The van der Waals surface area contributed by atoms with E-state index in [1.165, 1.54) is 6.92 Å². The highest BCUT2D eigenvalue weighted by Gasteiger charge is 2.15. The van der Waals surface area contributed by atoms with Crippen LogP contribution in [0.4, 0.5) is 11.6 Å². The quantitative estimate of drug-likeness (QED) is 0.372. The first-order valence-electron chi connectivity index (χ1n) is 9.77. The monoisotopic (exact) mass is 434 g/mol. The molecule has 2 heterocycles. The van der Waals surface area contributed by atoms with Gasteiger partial charge in [-0.15, -0.1) is 11.3 Å². The average molecular weight is 435 g/mol. The zero-order valence-corrected chi connectivity index (χ0v) is 18.0. The molecule has 1 amide bonds. The Hall–Kier alpha value is -3.49. The van der Waals surface area contributed by atoms with Crippen LogP contribution >= 0.6 is 11.3 Å². The number of nitrogens with zero attached hydrogens (tertiary/aromatic N) is 2. The molecule has 31 heavy (non-hydrogen) atoms. The van der Waals surface area contributed by atoms with Gasteiger partial charge in [-0.1, -0.05) is 30.3 Å². The number of amides is 1. The Morgan fingerprint density at radius 2 is 1.84 bits per heavy atom. The fourth-order valence-electron chi connectivity index (χ4n) is 2.98. The van der Waals surface area contributed by atoms with E-state index in [4.69, 9.17) is 9.47 Å². The second-order valence-corrected chi connectivity index (χ2v) is 7.82. The van der Waals surface area contributed by atoms with Crippen LogP contribution in [0, 0.1) is 0 Å². The number of methoxy groups -OCH3 is 1. The molecule has 0 unspecified atom stereocenters. The molecule has 0 aliphatic carbocycles. The van der Waals surface area contributed by atoms with Gasteiger partial charge in [-0.05, 0) is 35.9 Å². The van der Waals surface area contributed by atoms with Crippen molar-refractivity contribution >= 4 is 39.1 Å². The molecule has 0 radical (unpaired) electrons.